The first-order valence-corrected chi connectivity index (χ1v) is 10.2. The lowest BCUT2D eigenvalue weighted by Crippen LogP contribution is -2.34. The van der Waals surface area contributed by atoms with Crippen molar-refractivity contribution in [1.29, 1.82) is 0 Å². The number of anilines is 1. The Morgan fingerprint density at radius 1 is 1.15 bits per heavy atom. The summed E-state index contributed by atoms with van der Waals surface area (Å²) in [5.41, 5.74) is 1.38. The third-order valence-electron chi connectivity index (χ3n) is 3.72. The smallest absolute Gasteiger partial charge is 0.225 e. The molecule has 0 radical (unpaired) electrons. The standard InChI is InChI=1S/C18H20ClFN2O3S/c1-26(24,25)22(11-9-14-3-2-4-15(19)13-14)12-10-18(23)21-17-7-5-16(20)6-8-17/h2-8,13H,9-12H2,1H3,(H,21,23). The summed E-state index contributed by atoms with van der Waals surface area (Å²) in [6.45, 7) is 0.315. The van der Waals surface area contributed by atoms with Crippen LogP contribution in [-0.2, 0) is 21.2 Å². The molecule has 0 spiro atoms. The minimum absolute atomic E-state index is 0.00000765. The van der Waals surface area contributed by atoms with Crippen molar-refractivity contribution >= 4 is 33.2 Å². The van der Waals surface area contributed by atoms with E-state index in [1.165, 1.54) is 28.6 Å². The lowest BCUT2D eigenvalue weighted by atomic mass is 10.1. The highest BCUT2D eigenvalue weighted by Gasteiger charge is 2.18. The van der Waals surface area contributed by atoms with E-state index >= 15 is 0 Å². The van der Waals surface area contributed by atoms with Crippen LogP contribution in [-0.4, -0.2) is 38.0 Å². The van der Waals surface area contributed by atoms with Crippen molar-refractivity contribution in [2.75, 3.05) is 24.7 Å². The number of rotatable bonds is 8. The minimum Gasteiger partial charge on any atom is -0.326 e. The summed E-state index contributed by atoms with van der Waals surface area (Å²) >= 11 is 5.93. The molecule has 26 heavy (non-hydrogen) atoms. The number of carbonyl (C=O) groups excluding carboxylic acids is 1. The van der Waals surface area contributed by atoms with Gasteiger partial charge in [-0.15, -0.1) is 0 Å². The van der Waals surface area contributed by atoms with E-state index in [0.717, 1.165) is 11.8 Å². The van der Waals surface area contributed by atoms with Gasteiger partial charge >= 0.3 is 0 Å². The summed E-state index contributed by atoms with van der Waals surface area (Å²) in [6, 6.07) is 12.6. The van der Waals surface area contributed by atoms with Gasteiger partial charge in [-0.2, -0.15) is 0 Å². The number of hydrogen-bond donors (Lipinski definition) is 1. The first-order valence-electron chi connectivity index (χ1n) is 7.99. The van der Waals surface area contributed by atoms with Crippen LogP contribution in [0.2, 0.25) is 5.02 Å². The molecule has 0 aliphatic rings. The van der Waals surface area contributed by atoms with E-state index in [2.05, 4.69) is 5.32 Å². The fourth-order valence-corrected chi connectivity index (χ4v) is 3.43. The predicted molar refractivity (Wildman–Crippen MR) is 101 cm³/mol. The van der Waals surface area contributed by atoms with Gasteiger partial charge in [-0.25, -0.2) is 17.1 Å². The van der Waals surface area contributed by atoms with Crippen LogP contribution >= 0.6 is 11.6 Å². The maximum Gasteiger partial charge on any atom is 0.225 e. The second-order valence-electron chi connectivity index (χ2n) is 5.85. The van der Waals surface area contributed by atoms with Gasteiger partial charge in [-0.05, 0) is 48.4 Å². The summed E-state index contributed by atoms with van der Waals surface area (Å²) in [4.78, 5) is 12.0. The zero-order valence-electron chi connectivity index (χ0n) is 14.3. The number of sulfonamides is 1. The molecule has 0 aliphatic carbocycles. The third-order valence-corrected chi connectivity index (χ3v) is 5.26. The van der Waals surface area contributed by atoms with Crippen molar-refractivity contribution in [2.45, 2.75) is 12.8 Å². The number of hydrogen-bond acceptors (Lipinski definition) is 3. The zero-order valence-corrected chi connectivity index (χ0v) is 15.9. The van der Waals surface area contributed by atoms with Gasteiger partial charge in [0.15, 0.2) is 0 Å². The quantitative estimate of drug-likeness (QED) is 0.741. The Bertz CT molecular complexity index is 857. The summed E-state index contributed by atoms with van der Waals surface area (Å²) in [5, 5.41) is 3.20. The van der Waals surface area contributed by atoms with E-state index < -0.39 is 15.8 Å². The molecule has 2 aromatic rings. The molecule has 0 heterocycles. The van der Waals surface area contributed by atoms with Crippen LogP contribution in [0.5, 0.6) is 0 Å². The molecular formula is C18H20ClFN2O3S. The summed E-state index contributed by atoms with van der Waals surface area (Å²) in [7, 11) is -3.45. The van der Waals surface area contributed by atoms with Gasteiger partial charge in [-0.1, -0.05) is 23.7 Å². The molecule has 0 saturated heterocycles. The summed E-state index contributed by atoms with van der Waals surface area (Å²) < 4.78 is 38.0. The van der Waals surface area contributed by atoms with Gasteiger partial charge in [0.05, 0.1) is 6.26 Å². The Hall–Kier alpha value is -1.96. The van der Waals surface area contributed by atoms with Crippen LogP contribution in [0.15, 0.2) is 48.5 Å². The molecule has 2 rings (SSSR count). The van der Waals surface area contributed by atoms with Crippen molar-refractivity contribution in [3.63, 3.8) is 0 Å². The van der Waals surface area contributed by atoms with E-state index in [9.17, 15) is 17.6 Å². The van der Waals surface area contributed by atoms with Crippen molar-refractivity contribution in [3.05, 3.63) is 64.9 Å². The Labute approximate surface area is 157 Å². The molecule has 1 N–H and O–H groups in total. The molecular weight excluding hydrogens is 379 g/mol. The van der Waals surface area contributed by atoms with E-state index in [4.69, 9.17) is 11.6 Å². The molecule has 0 atom stereocenters. The maximum absolute atomic E-state index is 12.9. The number of halogens is 2. The summed E-state index contributed by atoms with van der Waals surface area (Å²) in [6.07, 6.45) is 1.61. The highest BCUT2D eigenvalue weighted by atomic mass is 35.5. The van der Waals surface area contributed by atoms with Crippen LogP contribution in [0.1, 0.15) is 12.0 Å². The zero-order chi connectivity index (χ0) is 19.2. The predicted octanol–water partition coefficient (Wildman–Crippen LogP) is 3.31. The van der Waals surface area contributed by atoms with E-state index in [0.29, 0.717) is 17.1 Å². The van der Waals surface area contributed by atoms with Crippen molar-refractivity contribution in [3.8, 4) is 0 Å². The molecule has 2 aromatic carbocycles. The van der Waals surface area contributed by atoms with Crippen LogP contribution in [0, 0.1) is 5.82 Å². The van der Waals surface area contributed by atoms with E-state index in [-0.39, 0.29) is 25.4 Å². The highest BCUT2D eigenvalue weighted by molar-refractivity contribution is 7.88. The van der Waals surface area contributed by atoms with Gasteiger partial charge in [0.2, 0.25) is 15.9 Å². The molecule has 8 heteroatoms. The van der Waals surface area contributed by atoms with Gasteiger partial charge < -0.3 is 5.32 Å². The normalized spacial score (nSPS) is 11.5. The average Bonchev–Trinajstić information content (AvgIpc) is 2.56. The number of amides is 1. The third kappa shape index (κ3) is 6.74. The number of carbonyl (C=O) groups is 1. The molecule has 0 unspecified atom stereocenters. The number of nitrogens with one attached hydrogen (secondary N) is 1. The lowest BCUT2D eigenvalue weighted by molar-refractivity contribution is -0.116. The minimum atomic E-state index is -3.45. The first-order chi connectivity index (χ1) is 12.2. The largest absolute Gasteiger partial charge is 0.326 e. The van der Waals surface area contributed by atoms with Crippen LogP contribution < -0.4 is 5.32 Å². The van der Waals surface area contributed by atoms with Gasteiger partial charge in [0.25, 0.3) is 0 Å². The fraction of sp³-hybridized carbons (Fsp3) is 0.278. The Kier molecular flexibility index (Phi) is 7.14. The van der Waals surface area contributed by atoms with E-state index in [1.54, 1.807) is 18.2 Å². The highest BCUT2D eigenvalue weighted by Crippen LogP contribution is 2.13. The van der Waals surface area contributed by atoms with Crippen LogP contribution in [0.25, 0.3) is 0 Å². The SMILES string of the molecule is CS(=O)(=O)N(CCC(=O)Nc1ccc(F)cc1)CCc1cccc(Cl)c1. The fourth-order valence-electron chi connectivity index (χ4n) is 2.37. The molecule has 0 bridgehead atoms. The van der Waals surface area contributed by atoms with E-state index in [1.807, 2.05) is 6.07 Å². The molecule has 0 fully saturated rings. The second kappa shape index (κ2) is 9.12. The lowest BCUT2D eigenvalue weighted by Gasteiger charge is -2.19. The van der Waals surface area contributed by atoms with Crippen molar-refractivity contribution in [2.24, 2.45) is 0 Å². The molecule has 5 nitrogen and oxygen atoms in total. The monoisotopic (exact) mass is 398 g/mol. The van der Waals surface area contributed by atoms with Gasteiger partial charge in [0.1, 0.15) is 5.82 Å². The first kappa shape index (κ1) is 20.4. The Morgan fingerprint density at radius 3 is 2.46 bits per heavy atom. The number of nitrogens with zero attached hydrogens (tertiary/aromatic N) is 1. The van der Waals surface area contributed by atoms with Crippen LogP contribution in [0.3, 0.4) is 0 Å². The van der Waals surface area contributed by atoms with Crippen molar-refractivity contribution in [1.82, 2.24) is 4.31 Å². The summed E-state index contributed by atoms with van der Waals surface area (Å²) in [5.74, 6) is -0.736. The maximum atomic E-state index is 12.9. The molecule has 140 valence electrons. The van der Waals surface area contributed by atoms with Gasteiger partial charge in [-0.3, -0.25) is 4.79 Å². The Balaban J connectivity index is 1.91. The Morgan fingerprint density at radius 2 is 1.85 bits per heavy atom. The second-order valence-corrected chi connectivity index (χ2v) is 8.27. The molecule has 0 aromatic heterocycles. The molecule has 0 saturated carbocycles. The average molecular weight is 399 g/mol. The molecule has 0 aliphatic heterocycles. The molecule has 1 amide bonds. The van der Waals surface area contributed by atoms with Crippen molar-refractivity contribution < 1.29 is 17.6 Å². The van der Waals surface area contributed by atoms with Gasteiger partial charge in [0, 0.05) is 30.2 Å². The number of benzene rings is 2. The topological polar surface area (TPSA) is 66.5 Å². The van der Waals surface area contributed by atoms with Crippen LogP contribution in [0.4, 0.5) is 10.1 Å².